The van der Waals surface area contributed by atoms with Gasteiger partial charge in [-0.25, -0.2) is 0 Å². The summed E-state index contributed by atoms with van der Waals surface area (Å²) in [6, 6.07) is 21.2. The molecule has 0 nitrogen and oxygen atoms in total. The van der Waals surface area contributed by atoms with Gasteiger partial charge in [0.15, 0.2) is 0 Å². The highest BCUT2D eigenvalue weighted by molar-refractivity contribution is 7.80. The Morgan fingerprint density at radius 2 is 0.786 bits per heavy atom. The Morgan fingerprint density at radius 1 is 0.500 bits per heavy atom. The van der Waals surface area contributed by atoms with Crippen molar-refractivity contribution in [2.75, 3.05) is 0 Å². The highest BCUT2D eigenvalue weighted by atomic mass is 31.1. The maximum absolute atomic E-state index is 2.47. The van der Waals surface area contributed by atoms with Gasteiger partial charge in [0.25, 0.3) is 0 Å². The van der Waals surface area contributed by atoms with Crippen LogP contribution < -0.4 is 15.9 Å². The fraction of sp³-hybridized carbons (Fsp3) is 0.333. The lowest BCUT2D eigenvalue weighted by Gasteiger charge is -2.26. The van der Waals surface area contributed by atoms with E-state index in [-0.39, 0.29) is 0 Å². The minimum atomic E-state index is -0.574. The molecule has 3 rings (SSSR count). The molecular formula is C27H33P. The van der Waals surface area contributed by atoms with Crippen LogP contribution in [0.4, 0.5) is 0 Å². The van der Waals surface area contributed by atoms with Crippen LogP contribution in [0.2, 0.25) is 0 Å². The van der Waals surface area contributed by atoms with E-state index < -0.39 is 7.92 Å². The van der Waals surface area contributed by atoms with Crippen LogP contribution in [0.25, 0.3) is 0 Å². The van der Waals surface area contributed by atoms with E-state index >= 15 is 0 Å². The summed E-state index contributed by atoms with van der Waals surface area (Å²) in [5.74, 6) is 0. The second-order valence-electron chi connectivity index (χ2n) is 7.76. The van der Waals surface area contributed by atoms with Gasteiger partial charge in [-0.1, -0.05) is 75.4 Å². The van der Waals surface area contributed by atoms with Crippen molar-refractivity contribution in [2.24, 2.45) is 0 Å². The Hall–Kier alpha value is -1.91. The van der Waals surface area contributed by atoms with E-state index in [9.17, 15) is 0 Å². The van der Waals surface area contributed by atoms with E-state index in [1.807, 2.05) is 0 Å². The first-order chi connectivity index (χ1) is 13.5. The van der Waals surface area contributed by atoms with Crippen molar-refractivity contribution in [1.82, 2.24) is 0 Å². The molecular weight excluding hydrogens is 355 g/mol. The van der Waals surface area contributed by atoms with Crippen molar-refractivity contribution in [3.05, 3.63) is 88.0 Å². The average Bonchev–Trinajstić information content (AvgIpc) is 2.72. The molecule has 3 aromatic carbocycles. The Kier molecular flexibility index (Phi) is 6.73. The third kappa shape index (κ3) is 4.23. The zero-order valence-corrected chi connectivity index (χ0v) is 19.2. The molecule has 0 amide bonds. The van der Waals surface area contributed by atoms with Gasteiger partial charge in [0.05, 0.1) is 0 Å². The maximum atomic E-state index is 2.47. The molecule has 1 heteroatoms. The zero-order valence-electron chi connectivity index (χ0n) is 18.3. The highest BCUT2D eigenvalue weighted by Gasteiger charge is 2.22. The average molecular weight is 389 g/mol. The molecule has 0 spiro atoms. The van der Waals surface area contributed by atoms with Gasteiger partial charge in [0, 0.05) is 0 Å². The summed E-state index contributed by atoms with van der Waals surface area (Å²) in [5, 5.41) is 4.55. The van der Waals surface area contributed by atoms with Crippen molar-refractivity contribution in [1.29, 1.82) is 0 Å². The fourth-order valence-corrected chi connectivity index (χ4v) is 6.68. The Morgan fingerprint density at radius 3 is 1.04 bits per heavy atom. The number of aryl methyl sites for hydroxylation is 6. The maximum Gasteiger partial charge on any atom is -0.0119 e. The van der Waals surface area contributed by atoms with Crippen LogP contribution in [0.3, 0.4) is 0 Å². The number of rotatable bonds is 6. The van der Waals surface area contributed by atoms with Gasteiger partial charge in [-0.3, -0.25) is 0 Å². The molecule has 0 fully saturated rings. The van der Waals surface area contributed by atoms with Crippen LogP contribution in [-0.4, -0.2) is 0 Å². The fourth-order valence-electron chi connectivity index (χ4n) is 3.74. The van der Waals surface area contributed by atoms with Gasteiger partial charge < -0.3 is 0 Å². The van der Waals surface area contributed by atoms with E-state index in [1.54, 1.807) is 0 Å². The molecule has 0 unspecified atom stereocenters. The summed E-state index contributed by atoms with van der Waals surface area (Å²) in [7, 11) is -0.574. The highest BCUT2D eigenvalue weighted by Crippen LogP contribution is 2.37. The molecule has 146 valence electrons. The molecule has 0 aliphatic heterocycles. The minimum absolute atomic E-state index is 0.574. The van der Waals surface area contributed by atoms with E-state index in [1.165, 1.54) is 49.3 Å². The first kappa shape index (κ1) is 20.8. The van der Waals surface area contributed by atoms with Crippen molar-refractivity contribution in [3.63, 3.8) is 0 Å². The molecule has 0 aliphatic rings. The van der Waals surface area contributed by atoms with Crippen LogP contribution in [0.5, 0.6) is 0 Å². The second kappa shape index (κ2) is 9.06. The third-order valence-corrected chi connectivity index (χ3v) is 8.66. The molecule has 28 heavy (non-hydrogen) atoms. The molecule has 0 heterocycles. The van der Waals surface area contributed by atoms with Crippen LogP contribution >= 0.6 is 7.92 Å². The molecule has 0 radical (unpaired) electrons. The van der Waals surface area contributed by atoms with Gasteiger partial charge in [-0.15, -0.1) is 0 Å². The number of benzene rings is 3. The summed E-state index contributed by atoms with van der Waals surface area (Å²) in [6.45, 7) is 13.6. The molecule has 0 bridgehead atoms. The number of hydrogen-bond acceptors (Lipinski definition) is 0. The van der Waals surface area contributed by atoms with Gasteiger partial charge in [0.1, 0.15) is 0 Å². The van der Waals surface area contributed by atoms with Gasteiger partial charge in [-0.05, 0) is 97.2 Å². The second-order valence-corrected chi connectivity index (χ2v) is 9.87. The lowest BCUT2D eigenvalue weighted by molar-refractivity contribution is 1.14. The number of hydrogen-bond donors (Lipinski definition) is 0. The van der Waals surface area contributed by atoms with Crippen LogP contribution in [0, 0.1) is 20.8 Å². The molecule has 0 N–H and O–H groups in total. The SMILES string of the molecule is CCc1ccc(C)c(P(c2cc(CC)ccc2C)c2cc(CC)ccc2C)c1. The van der Waals surface area contributed by atoms with E-state index in [2.05, 4.69) is 96.1 Å². The quantitative estimate of drug-likeness (QED) is 0.451. The lowest BCUT2D eigenvalue weighted by atomic mass is 10.1. The van der Waals surface area contributed by atoms with Crippen LogP contribution in [0.1, 0.15) is 54.2 Å². The first-order valence-electron chi connectivity index (χ1n) is 10.6. The molecule has 0 aromatic heterocycles. The van der Waals surface area contributed by atoms with Crippen molar-refractivity contribution in [2.45, 2.75) is 60.8 Å². The van der Waals surface area contributed by atoms with Gasteiger partial charge >= 0.3 is 0 Å². The Balaban J connectivity index is 2.33. The smallest absolute Gasteiger partial charge is 0.0119 e. The van der Waals surface area contributed by atoms with E-state index in [0.717, 1.165) is 19.3 Å². The predicted octanol–water partition coefficient (Wildman–Crippen LogP) is 6.06. The van der Waals surface area contributed by atoms with Crippen LogP contribution in [-0.2, 0) is 19.3 Å². The van der Waals surface area contributed by atoms with E-state index in [4.69, 9.17) is 0 Å². The predicted molar refractivity (Wildman–Crippen MR) is 127 cm³/mol. The molecule has 0 saturated carbocycles. The largest absolute Gasteiger partial charge is 0.0613 e. The summed E-state index contributed by atoms with van der Waals surface area (Å²) in [6.07, 6.45) is 3.25. The van der Waals surface area contributed by atoms with Crippen molar-refractivity contribution in [3.8, 4) is 0 Å². The summed E-state index contributed by atoms with van der Waals surface area (Å²) in [5.41, 5.74) is 8.52. The normalized spacial score (nSPS) is 11.2. The lowest BCUT2D eigenvalue weighted by Crippen LogP contribution is -2.26. The monoisotopic (exact) mass is 388 g/mol. The third-order valence-electron chi connectivity index (χ3n) is 5.77. The molecule has 0 aliphatic carbocycles. The Bertz CT molecular complexity index is 841. The molecule has 0 saturated heterocycles. The first-order valence-corrected chi connectivity index (χ1v) is 11.9. The van der Waals surface area contributed by atoms with Gasteiger partial charge in [0.2, 0.25) is 0 Å². The van der Waals surface area contributed by atoms with Crippen molar-refractivity contribution >= 4 is 23.8 Å². The van der Waals surface area contributed by atoms with E-state index in [0.29, 0.717) is 0 Å². The zero-order chi connectivity index (χ0) is 20.3. The minimum Gasteiger partial charge on any atom is -0.0613 e. The van der Waals surface area contributed by atoms with Crippen LogP contribution in [0.15, 0.2) is 54.6 Å². The van der Waals surface area contributed by atoms with Gasteiger partial charge in [-0.2, -0.15) is 0 Å². The summed E-state index contributed by atoms with van der Waals surface area (Å²) >= 11 is 0. The standard InChI is InChI=1S/C27H33P/c1-7-22-13-10-19(4)25(16-22)28(26-17-23(8-2)14-11-20(26)5)27-18-24(9-3)15-12-21(27)6/h10-18H,7-9H2,1-6H3. The molecule has 3 aromatic rings. The molecule has 0 atom stereocenters. The van der Waals surface area contributed by atoms with Crippen molar-refractivity contribution < 1.29 is 0 Å². The topological polar surface area (TPSA) is 0 Å². The summed E-state index contributed by atoms with van der Waals surface area (Å²) in [4.78, 5) is 0. The Labute approximate surface area is 172 Å². The summed E-state index contributed by atoms with van der Waals surface area (Å²) < 4.78 is 0.